The van der Waals surface area contributed by atoms with Crippen LogP contribution in [0.15, 0.2) is 36.5 Å². The third-order valence-electron chi connectivity index (χ3n) is 5.04. The molecule has 1 atom stereocenters. The van der Waals surface area contributed by atoms with Crippen LogP contribution in [0.5, 0.6) is 5.88 Å². The van der Waals surface area contributed by atoms with Crippen molar-refractivity contribution in [3.8, 4) is 5.88 Å². The molecule has 8 heteroatoms. The monoisotopic (exact) mass is 428 g/mol. The maximum Gasteiger partial charge on any atom is 0.253 e. The number of nitrogens with one attached hydrogen (secondary N) is 1. The Morgan fingerprint density at radius 2 is 1.96 bits per heavy atom. The van der Waals surface area contributed by atoms with Gasteiger partial charge in [-0.3, -0.25) is 4.79 Å². The fourth-order valence-electron chi connectivity index (χ4n) is 3.46. The van der Waals surface area contributed by atoms with Gasteiger partial charge in [0, 0.05) is 25.1 Å². The van der Waals surface area contributed by atoms with Gasteiger partial charge in [0.2, 0.25) is 11.8 Å². The van der Waals surface area contributed by atoms with Gasteiger partial charge in [0.1, 0.15) is 0 Å². The van der Waals surface area contributed by atoms with Crippen molar-refractivity contribution in [1.82, 2.24) is 10.3 Å². The van der Waals surface area contributed by atoms with E-state index in [0.717, 1.165) is 5.56 Å². The molecule has 28 heavy (non-hydrogen) atoms. The molecule has 0 spiro atoms. The molecule has 1 unspecified atom stereocenters. The number of carbonyl (C=O) groups is 1. The first-order valence-electron chi connectivity index (χ1n) is 8.93. The van der Waals surface area contributed by atoms with Crippen LogP contribution in [-0.2, 0) is 0 Å². The number of hydrogen-bond donors (Lipinski definition) is 1. The molecule has 0 aliphatic heterocycles. The molecule has 1 aliphatic carbocycles. The van der Waals surface area contributed by atoms with Crippen molar-refractivity contribution in [3.63, 3.8) is 0 Å². The average Bonchev–Trinajstić information content (AvgIpc) is 2.68. The van der Waals surface area contributed by atoms with Crippen molar-refractivity contribution in [3.05, 3.63) is 57.7 Å². The fraction of sp³-hybridized carbons (Fsp3) is 0.400. The van der Waals surface area contributed by atoms with E-state index in [-0.39, 0.29) is 34.4 Å². The second-order valence-corrected chi connectivity index (χ2v) is 7.66. The number of halogens is 4. The summed E-state index contributed by atoms with van der Waals surface area (Å²) in [6.07, 6.45) is 1.79. The van der Waals surface area contributed by atoms with Crippen molar-refractivity contribution in [2.75, 3.05) is 7.11 Å². The van der Waals surface area contributed by atoms with Crippen LogP contribution >= 0.6 is 23.2 Å². The molecule has 4 nitrogen and oxygen atoms in total. The number of methoxy groups -OCH3 is 1. The minimum Gasteiger partial charge on any atom is -0.481 e. The summed E-state index contributed by atoms with van der Waals surface area (Å²) in [5.74, 6) is -2.77. The van der Waals surface area contributed by atoms with Crippen LogP contribution in [0.25, 0.3) is 0 Å². The SMILES string of the molecule is COc1ccc(C(NC(=O)c2cccc(Cl)c2Cl)C2CCC(F)(F)CC2)cn1. The largest absolute Gasteiger partial charge is 0.481 e. The Balaban J connectivity index is 1.87. The van der Waals surface area contributed by atoms with Crippen LogP contribution < -0.4 is 10.1 Å². The number of benzene rings is 1. The van der Waals surface area contributed by atoms with Gasteiger partial charge in [-0.05, 0) is 36.5 Å². The maximum absolute atomic E-state index is 13.6. The number of aromatic nitrogens is 1. The van der Waals surface area contributed by atoms with Crippen LogP contribution in [0.4, 0.5) is 8.78 Å². The predicted molar refractivity (Wildman–Crippen MR) is 104 cm³/mol. The lowest BCUT2D eigenvalue weighted by Crippen LogP contribution is -2.37. The van der Waals surface area contributed by atoms with Crippen molar-refractivity contribution in [1.29, 1.82) is 0 Å². The molecule has 1 N–H and O–H groups in total. The summed E-state index contributed by atoms with van der Waals surface area (Å²) in [5, 5.41) is 3.37. The zero-order valence-electron chi connectivity index (χ0n) is 15.2. The highest BCUT2D eigenvalue weighted by atomic mass is 35.5. The molecular formula is C20H20Cl2F2N2O2. The number of nitrogens with zero attached hydrogens (tertiary/aromatic N) is 1. The minimum atomic E-state index is -2.65. The lowest BCUT2D eigenvalue weighted by atomic mass is 9.80. The van der Waals surface area contributed by atoms with Crippen molar-refractivity contribution >= 4 is 29.1 Å². The van der Waals surface area contributed by atoms with E-state index >= 15 is 0 Å². The molecule has 1 aromatic carbocycles. The number of hydrogen-bond acceptors (Lipinski definition) is 3. The molecular weight excluding hydrogens is 409 g/mol. The zero-order chi connectivity index (χ0) is 20.3. The Morgan fingerprint density at radius 1 is 1.25 bits per heavy atom. The van der Waals surface area contributed by atoms with Crippen molar-refractivity contribution in [2.24, 2.45) is 5.92 Å². The first-order valence-corrected chi connectivity index (χ1v) is 9.69. The summed E-state index contributed by atoms with van der Waals surface area (Å²) in [6.45, 7) is 0. The molecule has 1 saturated carbocycles. The van der Waals surface area contributed by atoms with E-state index in [0.29, 0.717) is 18.7 Å². The first kappa shape index (κ1) is 20.8. The number of pyridine rings is 1. The van der Waals surface area contributed by atoms with Crippen LogP contribution in [0, 0.1) is 5.92 Å². The van der Waals surface area contributed by atoms with Crippen LogP contribution in [-0.4, -0.2) is 23.9 Å². The summed E-state index contributed by atoms with van der Waals surface area (Å²) in [7, 11) is 1.51. The second kappa shape index (κ2) is 8.62. The highest BCUT2D eigenvalue weighted by molar-refractivity contribution is 6.43. The Bertz CT molecular complexity index is 837. The summed E-state index contributed by atoms with van der Waals surface area (Å²) in [4.78, 5) is 17.0. The maximum atomic E-state index is 13.6. The van der Waals surface area contributed by atoms with Crippen LogP contribution in [0.3, 0.4) is 0 Å². The quantitative estimate of drug-likeness (QED) is 0.664. The third-order valence-corrected chi connectivity index (χ3v) is 5.86. The van der Waals surface area contributed by atoms with E-state index in [2.05, 4.69) is 10.3 Å². The average molecular weight is 429 g/mol. The molecule has 1 fully saturated rings. The Morgan fingerprint density at radius 3 is 2.57 bits per heavy atom. The molecule has 1 aliphatic rings. The number of carbonyl (C=O) groups excluding carboxylic acids is 1. The Hall–Kier alpha value is -1.92. The molecule has 1 amide bonds. The van der Waals surface area contributed by atoms with Gasteiger partial charge < -0.3 is 10.1 Å². The fourth-order valence-corrected chi connectivity index (χ4v) is 3.85. The van der Waals surface area contributed by atoms with Crippen molar-refractivity contribution in [2.45, 2.75) is 37.6 Å². The minimum absolute atomic E-state index is 0.142. The number of rotatable bonds is 5. The summed E-state index contributed by atoms with van der Waals surface area (Å²) in [6, 6.07) is 7.78. The van der Waals surface area contributed by atoms with Crippen LogP contribution in [0.2, 0.25) is 10.0 Å². The Labute approximate surface area is 172 Å². The topological polar surface area (TPSA) is 51.2 Å². The number of amides is 1. The highest BCUT2D eigenvalue weighted by Gasteiger charge is 2.38. The molecule has 150 valence electrons. The van der Waals surface area contributed by atoms with Gasteiger partial charge in [0.05, 0.1) is 28.8 Å². The van der Waals surface area contributed by atoms with E-state index in [1.54, 1.807) is 36.5 Å². The molecule has 1 aromatic heterocycles. The number of ether oxygens (including phenoxy) is 1. The van der Waals surface area contributed by atoms with Gasteiger partial charge in [0.25, 0.3) is 5.91 Å². The molecule has 3 rings (SSSR count). The smallest absolute Gasteiger partial charge is 0.253 e. The summed E-state index contributed by atoms with van der Waals surface area (Å²) < 4.78 is 32.3. The van der Waals surface area contributed by atoms with Gasteiger partial charge >= 0.3 is 0 Å². The molecule has 0 radical (unpaired) electrons. The third kappa shape index (κ3) is 4.73. The van der Waals surface area contributed by atoms with E-state index < -0.39 is 17.9 Å². The number of alkyl halides is 2. The van der Waals surface area contributed by atoms with Gasteiger partial charge in [-0.15, -0.1) is 0 Å². The molecule has 0 saturated heterocycles. The van der Waals surface area contributed by atoms with Gasteiger partial charge in [0.15, 0.2) is 0 Å². The van der Waals surface area contributed by atoms with Crippen molar-refractivity contribution < 1.29 is 18.3 Å². The van der Waals surface area contributed by atoms with E-state index in [1.165, 1.54) is 7.11 Å². The molecule has 1 heterocycles. The zero-order valence-corrected chi connectivity index (χ0v) is 16.7. The van der Waals surface area contributed by atoms with E-state index in [9.17, 15) is 13.6 Å². The normalized spacial score (nSPS) is 17.8. The summed E-state index contributed by atoms with van der Waals surface area (Å²) in [5.41, 5.74) is 0.962. The van der Waals surface area contributed by atoms with E-state index in [4.69, 9.17) is 27.9 Å². The van der Waals surface area contributed by atoms with E-state index in [1.807, 2.05) is 0 Å². The predicted octanol–water partition coefficient (Wildman–Crippen LogP) is 5.69. The lowest BCUT2D eigenvalue weighted by Gasteiger charge is -2.34. The van der Waals surface area contributed by atoms with Gasteiger partial charge in [-0.2, -0.15) is 0 Å². The standard InChI is InChI=1S/C20H20Cl2F2N2O2/c1-28-16-6-5-13(11-25-16)18(12-7-9-20(23,24)10-8-12)26-19(27)14-3-2-4-15(21)17(14)22/h2-6,11-12,18H,7-10H2,1H3,(H,26,27). The summed E-state index contributed by atoms with van der Waals surface area (Å²) >= 11 is 12.2. The van der Waals surface area contributed by atoms with Gasteiger partial charge in [-0.1, -0.05) is 35.3 Å². The van der Waals surface area contributed by atoms with Gasteiger partial charge in [-0.25, -0.2) is 13.8 Å². The highest BCUT2D eigenvalue weighted by Crippen LogP contribution is 2.41. The lowest BCUT2D eigenvalue weighted by molar-refractivity contribution is -0.0494. The Kier molecular flexibility index (Phi) is 6.40. The molecule has 0 bridgehead atoms. The second-order valence-electron chi connectivity index (χ2n) is 6.88. The first-order chi connectivity index (χ1) is 13.3. The molecule has 2 aromatic rings. The van der Waals surface area contributed by atoms with Crippen LogP contribution in [0.1, 0.15) is 47.6 Å².